The second kappa shape index (κ2) is 6.79. The van der Waals surface area contributed by atoms with E-state index in [2.05, 4.69) is 37.6 Å². The molecule has 0 aliphatic rings. The monoisotopic (exact) mass is 346 g/mol. The summed E-state index contributed by atoms with van der Waals surface area (Å²) in [5.74, 6) is 0.779. The Kier molecular flexibility index (Phi) is 4.18. The number of nitrogens with one attached hydrogen (secondary N) is 2. The first kappa shape index (κ1) is 16.0. The maximum absolute atomic E-state index is 12.1. The van der Waals surface area contributed by atoms with Gasteiger partial charge in [0.15, 0.2) is 5.82 Å². The normalized spacial score (nSPS) is 11.0. The smallest absolute Gasteiger partial charge is 0.249 e. The van der Waals surface area contributed by atoms with Crippen LogP contribution in [0.3, 0.4) is 0 Å². The fraction of sp³-hybridized carbons (Fsp3) is 0.158. The van der Waals surface area contributed by atoms with E-state index in [0.29, 0.717) is 18.7 Å². The van der Waals surface area contributed by atoms with Crippen LogP contribution >= 0.6 is 0 Å². The highest BCUT2D eigenvalue weighted by Gasteiger charge is 2.11. The van der Waals surface area contributed by atoms with Gasteiger partial charge in [0.2, 0.25) is 11.9 Å². The number of imidazole rings is 1. The van der Waals surface area contributed by atoms with Gasteiger partial charge < -0.3 is 4.57 Å². The van der Waals surface area contributed by atoms with Crippen molar-refractivity contribution in [3.05, 3.63) is 60.7 Å². The van der Waals surface area contributed by atoms with Crippen molar-refractivity contribution in [1.82, 2.24) is 24.7 Å². The minimum absolute atomic E-state index is 0.130. The molecule has 2 heterocycles. The summed E-state index contributed by atoms with van der Waals surface area (Å²) in [5, 5.41) is 12.0. The molecular weight excluding hydrogens is 328 g/mol. The number of aryl methyl sites for hydroxylation is 2. The number of fused-ring (bicyclic) bond motifs is 1. The SMILES string of the molecule is Cn1cncc1CCC(=O)Nc1n[nH]c(-c2cccc3ccccc23)n1. The Labute approximate surface area is 150 Å². The van der Waals surface area contributed by atoms with Crippen LogP contribution in [0.2, 0.25) is 0 Å². The van der Waals surface area contributed by atoms with E-state index in [-0.39, 0.29) is 11.9 Å². The van der Waals surface area contributed by atoms with Crippen molar-refractivity contribution in [3.63, 3.8) is 0 Å². The first-order valence-corrected chi connectivity index (χ1v) is 8.36. The van der Waals surface area contributed by atoms with Crippen LogP contribution in [0.5, 0.6) is 0 Å². The van der Waals surface area contributed by atoms with Crippen molar-refractivity contribution in [2.24, 2.45) is 7.05 Å². The molecule has 4 aromatic rings. The zero-order valence-electron chi connectivity index (χ0n) is 14.3. The number of aromatic amines is 1. The van der Waals surface area contributed by atoms with Crippen LogP contribution in [0.4, 0.5) is 5.95 Å². The fourth-order valence-electron chi connectivity index (χ4n) is 2.92. The third-order valence-corrected chi connectivity index (χ3v) is 4.31. The minimum atomic E-state index is -0.130. The van der Waals surface area contributed by atoms with E-state index in [9.17, 15) is 4.79 Å². The molecule has 7 nitrogen and oxygen atoms in total. The quantitative estimate of drug-likeness (QED) is 0.581. The predicted octanol–water partition coefficient (Wildman–Crippen LogP) is 2.93. The Hall–Kier alpha value is -3.48. The van der Waals surface area contributed by atoms with Crippen LogP contribution in [0.1, 0.15) is 12.1 Å². The van der Waals surface area contributed by atoms with Crippen molar-refractivity contribution < 1.29 is 4.79 Å². The predicted molar refractivity (Wildman–Crippen MR) is 99.5 cm³/mol. The summed E-state index contributed by atoms with van der Waals surface area (Å²) < 4.78 is 1.90. The first-order chi connectivity index (χ1) is 12.7. The summed E-state index contributed by atoms with van der Waals surface area (Å²) in [5.41, 5.74) is 1.96. The van der Waals surface area contributed by atoms with Crippen LogP contribution in [0.25, 0.3) is 22.2 Å². The number of carbonyl (C=O) groups is 1. The Balaban J connectivity index is 1.47. The van der Waals surface area contributed by atoms with Crippen molar-refractivity contribution in [2.75, 3.05) is 5.32 Å². The van der Waals surface area contributed by atoms with Gasteiger partial charge in [0.25, 0.3) is 0 Å². The Morgan fingerprint density at radius 3 is 2.88 bits per heavy atom. The highest BCUT2D eigenvalue weighted by Crippen LogP contribution is 2.26. The molecule has 0 spiro atoms. The van der Waals surface area contributed by atoms with Gasteiger partial charge in [-0.25, -0.2) is 4.98 Å². The van der Waals surface area contributed by atoms with E-state index in [1.165, 1.54) is 0 Å². The molecule has 2 aromatic heterocycles. The van der Waals surface area contributed by atoms with E-state index >= 15 is 0 Å². The van der Waals surface area contributed by atoms with Gasteiger partial charge in [-0.2, -0.15) is 4.98 Å². The lowest BCUT2D eigenvalue weighted by molar-refractivity contribution is -0.116. The standard InChI is InChI=1S/C19H18N6O/c1-25-12-20-11-14(25)9-10-17(26)21-19-22-18(23-24-19)16-8-4-6-13-5-2-3-7-15(13)16/h2-8,11-12H,9-10H2,1H3,(H2,21,22,23,24,26). The van der Waals surface area contributed by atoms with Gasteiger partial charge in [0.05, 0.1) is 6.33 Å². The summed E-state index contributed by atoms with van der Waals surface area (Å²) in [6.45, 7) is 0. The fourth-order valence-corrected chi connectivity index (χ4v) is 2.92. The lowest BCUT2D eigenvalue weighted by Gasteiger charge is -2.03. The van der Waals surface area contributed by atoms with E-state index in [1.807, 2.05) is 41.9 Å². The number of nitrogens with zero attached hydrogens (tertiary/aromatic N) is 4. The first-order valence-electron chi connectivity index (χ1n) is 8.36. The van der Waals surface area contributed by atoms with Crippen molar-refractivity contribution in [1.29, 1.82) is 0 Å². The third-order valence-electron chi connectivity index (χ3n) is 4.31. The number of hydrogen-bond acceptors (Lipinski definition) is 4. The van der Waals surface area contributed by atoms with Gasteiger partial charge in [-0.1, -0.05) is 42.5 Å². The molecule has 0 saturated carbocycles. The molecule has 0 atom stereocenters. The number of benzene rings is 2. The van der Waals surface area contributed by atoms with Crippen LogP contribution < -0.4 is 5.32 Å². The van der Waals surface area contributed by atoms with E-state index < -0.39 is 0 Å². The molecule has 0 saturated heterocycles. The molecule has 0 radical (unpaired) electrons. The lowest BCUT2D eigenvalue weighted by atomic mass is 10.0. The molecule has 1 amide bonds. The number of aromatic nitrogens is 5. The average molecular weight is 346 g/mol. The van der Waals surface area contributed by atoms with Crippen LogP contribution in [-0.2, 0) is 18.3 Å². The number of carbonyl (C=O) groups excluding carboxylic acids is 1. The second-order valence-electron chi connectivity index (χ2n) is 6.08. The molecular formula is C19H18N6O. The maximum atomic E-state index is 12.1. The number of H-pyrrole nitrogens is 1. The van der Waals surface area contributed by atoms with Crippen molar-refractivity contribution in [2.45, 2.75) is 12.8 Å². The maximum Gasteiger partial charge on any atom is 0.249 e. The largest absolute Gasteiger partial charge is 0.338 e. The molecule has 2 aromatic carbocycles. The highest BCUT2D eigenvalue weighted by molar-refractivity contribution is 5.95. The van der Waals surface area contributed by atoms with Gasteiger partial charge in [0.1, 0.15) is 0 Å². The van der Waals surface area contributed by atoms with Crippen molar-refractivity contribution in [3.8, 4) is 11.4 Å². The number of hydrogen-bond donors (Lipinski definition) is 2. The molecule has 130 valence electrons. The molecule has 2 N–H and O–H groups in total. The molecule has 0 fully saturated rings. The molecule has 0 bridgehead atoms. The highest BCUT2D eigenvalue weighted by atomic mass is 16.1. The second-order valence-corrected chi connectivity index (χ2v) is 6.08. The Morgan fingerprint density at radius 1 is 1.19 bits per heavy atom. The van der Waals surface area contributed by atoms with Gasteiger partial charge in [-0.3, -0.25) is 15.2 Å². The molecule has 26 heavy (non-hydrogen) atoms. The zero-order valence-corrected chi connectivity index (χ0v) is 14.3. The van der Waals surface area contributed by atoms with Crippen LogP contribution in [-0.4, -0.2) is 30.6 Å². The lowest BCUT2D eigenvalue weighted by Crippen LogP contribution is -2.14. The Morgan fingerprint density at radius 2 is 2.04 bits per heavy atom. The average Bonchev–Trinajstić information content (AvgIpc) is 3.28. The van der Waals surface area contributed by atoms with Gasteiger partial charge in [-0.05, 0) is 17.2 Å². The summed E-state index contributed by atoms with van der Waals surface area (Å²) in [7, 11) is 1.91. The molecule has 4 rings (SSSR count). The van der Waals surface area contributed by atoms with E-state index in [0.717, 1.165) is 22.0 Å². The zero-order chi connectivity index (χ0) is 17.9. The number of rotatable bonds is 5. The number of amides is 1. The van der Waals surface area contributed by atoms with Crippen molar-refractivity contribution >= 4 is 22.6 Å². The topological polar surface area (TPSA) is 88.5 Å². The molecule has 7 heteroatoms. The van der Waals surface area contributed by atoms with Crippen LogP contribution in [0, 0.1) is 0 Å². The summed E-state index contributed by atoms with van der Waals surface area (Å²) >= 11 is 0. The van der Waals surface area contributed by atoms with Gasteiger partial charge >= 0.3 is 0 Å². The summed E-state index contributed by atoms with van der Waals surface area (Å²) in [6, 6.07) is 14.1. The van der Waals surface area contributed by atoms with Gasteiger partial charge in [0, 0.05) is 30.9 Å². The summed E-state index contributed by atoms with van der Waals surface area (Å²) in [6.07, 6.45) is 4.44. The minimum Gasteiger partial charge on any atom is -0.338 e. The van der Waals surface area contributed by atoms with E-state index in [1.54, 1.807) is 12.5 Å². The third kappa shape index (κ3) is 3.19. The van der Waals surface area contributed by atoms with E-state index in [4.69, 9.17) is 0 Å². The number of anilines is 1. The van der Waals surface area contributed by atoms with Gasteiger partial charge in [-0.15, -0.1) is 5.10 Å². The Bertz CT molecular complexity index is 1060. The molecule has 0 aliphatic heterocycles. The molecule has 0 aliphatic carbocycles. The summed E-state index contributed by atoms with van der Waals surface area (Å²) in [4.78, 5) is 20.6. The van der Waals surface area contributed by atoms with Crippen LogP contribution in [0.15, 0.2) is 55.0 Å². The molecule has 0 unspecified atom stereocenters.